The number of rotatable bonds is 2. The number of fused-ring (bicyclic) bond motifs is 1. The van der Waals surface area contributed by atoms with Crippen LogP contribution in [-0.4, -0.2) is 26.4 Å². The van der Waals surface area contributed by atoms with Gasteiger partial charge in [0.1, 0.15) is 0 Å². The third-order valence-corrected chi connectivity index (χ3v) is 3.15. The van der Waals surface area contributed by atoms with Gasteiger partial charge in [0.05, 0.1) is 5.69 Å². The molecule has 1 aliphatic rings. The standard InChI is InChI=1S/C11H16N2O3/c1-6(2)9-8-7(12-13-9)4-3-5-11(8,16)10(14)15/h6,16H,3-5H2,1-2H3,(H,12,13)(H,14,15). The molecule has 1 aromatic heterocycles. The van der Waals surface area contributed by atoms with E-state index in [2.05, 4.69) is 10.2 Å². The number of carboxylic acids is 1. The fourth-order valence-electron chi connectivity index (χ4n) is 2.31. The van der Waals surface area contributed by atoms with Crippen molar-refractivity contribution >= 4 is 5.97 Å². The molecule has 0 aromatic carbocycles. The maximum Gasteiger partial charge on any atom is 0.340 e. The fourth-order valence-corrected chi connectivity index (χ4v) is 2.31. The molecule has 1 aromatic rings. The molecule has 0 spiro atoms. The molecule has 16 heavy (non-hydrogen) atoms. The Morgan fingerprint density at radius 3 is 2.81 bits per heavy atom. The Hall–Kier alpha value is -1.36. The van der Waals surface area contributed by atoms with Crippen LogP contribution in [0.4, 0.5) is 0 Å². The molecule has 1 unspecified atom stereocenters. The lowest BCUT2D eigenvalue weighted by Gasteiger charge is -2.29. The molecule has 1 aliphatic carbocycles. The summed E-state index contributed by atoms with van der Waals surface area (Å²) in [5.41, 5.74) is 0.154. The van der Waals surface area contributed by atoms with E-state index >= 15 is 0 Å². The van der Waals surface area contributed by atoms with Crippen LogP contribution < -0.4 is 0 Å². The monoisotopic (exact) mass is 224 g/mol. The van der Waals surface area contributed by atoms with Crippen LogP contribution in [0.25, 0.3) is 0 Å². The van der Waals surface area contributed by atoms with E-state index in [0.717, 1.165) is 12.1 Å². The second kappa shape index (κ2) is 3.59. The second-order valence-electron chi connectivity index (χ2n) is 4.64. The lowest BCUT2D eigenvalue weighted by atomic mass is 9.79. The van der Waals surface area contributed by atoms with Crippen LogP contribution >= 0.6 is 0 Å². The van der Waals surface area contributed by atoms with Gasteiger partial charge in [-0.15, -0.1) is 0 Å². The Balaban J connectivity index is 2.59. The average molecular weight is 224 g/mol. The topological polar surface area (TPSA) is 86.2 Å². The molecule has 0 saturated heterocycles. The number of aryl methyl sites for hydroxylation is 1. The zero-order valence-corrected chi connectivity index (χ0v) is 9.45. The Morgan fingerprint density at radius 1 is 1.56 bits per heavy atom. The van der Waals surface area contributed by atoms with E-state index in [1.54, 1.807) is 0 Å². The molecular formula is C11H16N2O3. The van der Waals surface area contributed by atoms with Crippen molar-refractivity contribution in [2.75, 3.05) is 0 Å². The van der Waals surface area contributed by atoms with Crippen LogP contribution in [-0.2, 0) is 16.8 Å². The summed E-state index contributed by atoms with van der Waals surface area (Å²) in [7, 11) is 0. The molecular weight excluding hydrogens is 208 g/mol. The normalized spacial score (nSPS) is 24.5. The zero-order chi connectivity index (χ0) is 11.9. The number of aromatic amines is 1. The van der Waals surface area contributed by atoms with Gasteiger partial charge >= 0.3 is 5.97 Å². The number of carbonyl (C=O) groups is 1. The lowest BCUT2D eigenvalue weighted by Crippen LogP contribution is -2.39. The summed E-state index contributed by atoms with van der Waals surface area (Å²) in [6.45, 7) is 3.88. The molecule has 2 rings (SSSR count). The van der Waals surface area contributed by atoms with Crippen molar-refractivity contribution < 1.29 is 15.0 Å². The van der Waals surface area contributed by atoms with Gasteiger partial charge in [0.2, 0.25) is 0 Å². The second-order valence-corrected chi connectivity index (χ2v) is 4.64. The summed E-state index contributed by atoms with van der Waals surface area (Å²) < 4.78 is 0. The summed E-state index contributed by atoms with van der Waals surface area (Å²) in [5, 5.41) is 26.4. The van der Waals surface area contributed by atoms with E-state index < -0.39 is 11.6 Å². The molecule has 5 nitrogen and oxygen atoms in total. The maximum absolute atomic E-state index is 11.2. The molecule has 88 valence electrons. The third kappa shape index (κ3) is 1.43. The van der Waals surface area contributed by atoms with Gasteiger partial charge in [0, 0.05) is 11.3 Å². The van der Waals surface area contributed by atoms with E-state index in [-0.39, 0.29) is 12.3 Å². The number of nitrogens with zero attached hydrogens (tertiary/aromatic N) is 1. The predicted molar refractivity (Wildman–Crippen MR) is 57.1 cm³/mol. The smallest absolute Gasteiger partial charge is 0.340 e. The van der Waals surface area contributed by atoms with Crippen LogP contribution in [0.1, 0.15) is 49.6 Å². The van der Waals surface area contributed by atoms with Crippen LogP contribution in [0.2, 0.25) is 0 Å². The Morgan fingerprint density at radius 2 is 2.25 bits per heavy atom. The first-order chi connectivity index (χ1) is 7.47. The molecule has 0 radical (unpaired) electrons. The number of aliphatic hydroxyl groups is 1. The number of nitrogens with one attached hydrogen (secondary N) is 1. The molecule has 5 heteroatoms. The molecule has 0 amide bonds. The Labute approximate surface area is 93.5 Å². The highest BCUT2D eigenvalue weighted by atomic mass is 16.4. The Kier molecular flexibility index (Phi) is 2.50. The van der Waals surface area contributed by atoms with Crippen LogP contribution in [0.3, 0.4) is 0 Å². The summed E-state index contributed by atoms with van der Waals surface area (Å²) in [5.74, 6) is -1.08. The maximum atomic E-state index is 11.2. The minimum Gasteiger partial charge on any atom is -0.479 e. The minimum absolute atomic E-state index is 0.101. The molecule has 0 bridgehead atoms. The highest BCUT2D eigenvalue weighted by Crippen LogP contribution is 2.38. The van der Waals surface area contributed by atoms with Crippen molar-refractivity contribution in [3.05, 3.63) is 17.0 Å². The average Bonchev–Trinajstić information content (AvgIpc) is 2.62. The van der Waals surface area contributed by atoms with Gasteiger partial charge < -0.3 is 10.2 Å². The molecule has 0 fully saturated rings. The van der Waals surface area contributed by atoms with Crippen LogP contribution in [0.5, 0.6) is 0 Å². The molecule has 0 saturated carbocycles. The number of hydrogen-bond donors (Lipinski definition) is 3. The van der Waals surface area contributed by atoms with Crippen molar-refractivity contribution in [3.8, 4) is 0 Å². The van der Waals surface area contributed by atoms with E-state index in [9.17, 15) is 15.0 Å². The predicted octanol–water partition coefficient (Wildman–Crippen LogP) is 1.14. The first kappa shape index (κ1) is 11.1. The molecule has 3 N–H and O–H groups in total. The number of aliphatic carboxylic acids is 1. The first-order valence-electron chi connectivity index (χ1n) is 5.50. The first-order valence-corrected chi connectivity index (χ1v) is 5.50. The van der Waals surface area contributed by atoms with Gasteiger partial charge in [-0.2, -0.15) is 5.10 Å². The van der Waals surface area contributed by atoms with Crippen molar-refractivity contribution in [1.29, 1.82) is 0 Å². The Bertz CT molecular complexity index is 425. The van der Waals surface area contributed by atoms with Gasteiger partial charge in [0.25, 0.3) is 0 Å². The fraction of sp³-hybridized carbons (Fsp3) is 0.636. The molecule has 0 aliphatic heterocycles. The van der Waals surface area contributed by atoms with Gasteiger partial charge in [0.15, 0.2) is 5.60 Å². The SMILES string of the molecule is CC(C)c1n[nH]c2c1C(O)(C(=O)O)CCC2. The van der Waals surface area contributed by atoms with Crippen molar-refractivity contribution in [1.82, 2.24) is 10.2 Å². The number of H-pyrrole nitrogens is 1. The van der Waals surface area contributed by atoms with Crippen LogP contribution in [0.15, 0.2) is 0 Å². The van der Waals surface area contributed by atoms with Gasteiger partial charge in [-0.25, -0.2) is 4.79 Å². The number of aromatic nitrogens is 2. The van der Waals surface area contributed by atoms with E-state index in [4.69, 9.17) is 0 Å². The van der Waals surface area contributed by atoms with Gasteiger partial charge in [-0.1, -0.05) is 13.8 Å². The van der Waals surface area contributed by atoms with Gasteiger partial charge in [-0.05, 0) is 25.2 Å². The highest BCUT2D eigenvalue weighted by Gasteiger charge is 2.45. The lowest BCUT2D eigenvalue weighted by molar-refractivity contribution is -0.161. The highest BCUT2D eigenvalue weighted by molar-refractivity contribution is 5.80. The molecule has 1 atom stereocenters. The van der Waals surface area contributed by atoms with E-state index in [0.29, 0.717) is 17.7 Å². The molecule has 1 heterocycles. The van der Waals surface area contributed by atoms with Crippen molar-refractivity contribution in [2.24, 2.45) is 0 Å². The summed E-state index contributed by atoms with van der Waals surface area (Å²) in [6, 6.07) is 0. The van der Waals surface area contributed by atoms with Crippen molar-refractivity contribution in [3.63, 3.8) is 0 Å². The summed E-state index contributed by atoms with van der Waals surface area (Å²) >= 11 is 0. The third-order valence-electron chi connectivity index (χ3n) is 3.15. The van der Waals surface area contributed by atoms with Crippen molar-refractivity contribution in [2.45, 2.75) is 44.6 Å². The zero-order valence-electron chi connectivity index (χ0n) is 9.45. The number of hydrogen-bond acceptors (Lipinski definition) is 3. The minimum atomic E-state index is -1.76. The van der Waals surface area contributed by atoms with Crippen LogP contribution in [0, 0.1) is 0 Å². The van der Waals surface area contributed by atoms with E-state index in [1.807, 2.05) is 13.8 Å². The largest absolute Gasteiger partial charge is 0.479 e. The van der Waals surface area contributed by atoms with Gasteiger partial charge in [-0.3, -0.25) is 5.10 Å². The summed E-state index contributed by atoms with van der Waals surface area (Å²) in [6.07, 6.45) is 1.68. The summed E-state index contributed by atoms with van der Waals surface area (Å²) in [4.78, 5) is 11.2. The van der Waals surface area contributed by atoms with E-state index in [1.165, 1.54) is 0 Å². The number of carboxylic acid groups (broad SMARTS) is 1. The quantitative estimate of drug-likeness (QED) is 0.703.